The third-order valence-electron chi connectivity index (χ3n) is 1.68. The van der Waals surface area contributed by atoms with Crippen molar-refractivity contribution >= 4 is 0 Å². The average Bonchev–Trinajstić information content (AvgIpc) is 1.87. The van der Waals surface area contributed by atoms with Crippen molar-refractivity contribution in [3.63, 3.8) is 0 Å². The van der Waals surface area contributed by atoms with Gasteiger partial charge < -0.3 is 5.11 Å². The third kappa shape index (κ3) is 7.60. The first-order valence-corrected chi connectivity index (χ1v) is 4.44. The minimum atomic E-state index is 0.316. The monoisotopic (exact) mass is 156 g/mol. The average molecular weight is 156 g/mol. The fourth-order valence-corrected chi connectivity index (χ4v) is 0.921. The molecule has 1 nitrogen and oxygen atoms in total. The second-order valence-corrected chi connectivity index (χ2v) is 3.53. The molecule has 0 fully saturated rings. The van der Waals surface area contributed by atoms with Gasteiger partial charge in [-0.2, -0.15) is 0 Å². The molecule has 0 aliphatic rings. The topological polar surface area (TPSA) is 20.2 Å². The highest BCUT2D eigenvalue weighted by molar-refractivity contribution is 4.85. The lowest BCUT2D eigenvalue weighted by molar-refractivity contribution is 0.263. The number of hydrogen-bond donors (Lipinski definition) is 1. The van der Waals surface area contributed by atoms with E-state index in [9.17, 15) is 0 Å². The maximum absolute atomic E-state index is 8.62. The van der Waals surface area contributed by atoms with Crippen molar-refractivity contribution in [2.75, 3.05) is 6.61 Å². The van der Waals surface area contributed by atoms with Crippen molar-refractivity contribution in [1.29, 1.82) is 0 Å². The van der Waals surface area contributed by atoms with E-state index >= 15 is 0 Å². The Bertz CT molecular complexity index is 105. The van der Waals surface area contributed by atoms with Crippen LogP contribution in [0.3, 0.4) is 0 Å². The Labute approximate surface area is 70.1 Å². The Morgan fingerprint density at radius 1 is 1.27 bits per heavy atom. The zero-order valence-corrected chi connectivity index (χ0v) is 7.88. The lowest BCUT2D eigenvalue weighted by Crippen LogP contribution is -1.95. The number of rotatable bonds is 5. The molecule has 0 unspecified atom stereocenters. The molecule has 0 saturated carbocycles. The van der Waals surface area contributed by atoms with Crippen LogP contribution in [0.2, 0.25) is 0 Å². The van der Waals surface area contributed by atoms with Crippen LogP contribution in [0, 0.1) is 11.8 Å². The summed E-state index contributed by atoms with van der Waals surface area (Å²) in [5.41, 5.74) is 0. The van der Waals surface area contributed by atoms with Gasteiger partial charge in [0, 0.05) is 6.61 Å². The van der Waals surface area contributed by atoms with E-state index in [1.807, 2.05) is 0 Å². The lowest BCUT2D eigenvalue weighted by Gasteiger charge is -2.04. The predicted octanol–water partition coefficient (Wildman–Crippen LogP) is 2.61. The quantitative estimate of drug-likeness (QED) is 0.607. The second kappa shape index (κ2) is 6.41. The van der Waals surface area contributed by atoms with Gasteiger partial charge in [-0.15, -0.1) is 0 Å². The SMILES string of the molecule is CC(C)C=CC[C@@H](C)CCO. The number of aliphatic hydroxyl groups is 1. The van der Waals surface area contributed by atoms with Crippen molar-refractivity contribution in [2.24, 2.45) is 11.8 Å². The summed E-state index contributed by atoms with van der Waals surface area (Å²) >= 11 is 0. The first-order chi connectivity index (χ1) is 5.16. The van der Waals surface area contributed by atoms with Gasteiger partial charge in [-0.25, -0.2) is 0 Å². The molecule has 11 heavy (non-hydrogen) atoms. The van der Waals surface area contributed by atoms with E-state index in [0.717, 1.165) is 12.8 Å². The van der Waals surface area contributed by atoms with E-state index in [1.165, 1.54) is 0 Å². The van der Waals surface area contributed by atoms with Gasteiger partial charge in [0.25, 0.3) is 0 Å². The van der Waals surface area contributed by atoms with Gasteiger partial charge in [0.2, 0.25) is 0 Å². The van der Waals surface area contributed by atoms with Crippen LogP contribution < -0.4 is 0 Å². The summed E-state index contributed by atoms with van der Waals surface area (Å²) < 4.78 is 0. The minimum Gasteiger partial charge on any atom is -0.396 e. The molecule has 0 aliphatic heterocycles. The minimum absolute atomic E-state index is 0.316. The highest BCUT2D eigenvalue weighted by Gasteiger charge is 1.96. The summed E-state index contributed by atoms with van der Waals surface area (Å²) in [6.07, 6.45) is 6.44. The molecular weight excluding hydrogens is 136 g/mol. The molecular formula is C10H20O. The number of allylic oxidation sites excluding steroid dienone is 2. The molecule has 1 atom stereocenters. The van der Waals surface area contributed by atoms with Gasteiger partial charge in [-0.3, -0.25) is 0 Å². The fourth-order valence-electron chi connectivity index (χ4n) is 0.921. The van der Waals surface area contributed by atoms with E-state index in [4.69, 9.17) is 5.11 Å². The molecule has 0 bridgehead atoms. The van der Waals surface area contributed by atoms with Gasteiger partial charge >= 0.3 is 0 Å². The van der Waals surface area contributed by atoms with Crippen molar-refractivity contribution in [2.45, 2.75) is 33.6 Å². The largest absolute Gasteiger partial charge is 0.396 e. The van der Waals surface area contributed by atoms with Crippen LogP contribution in [0.25, 0.3) is 0 Å². The number of aliphatic hydroxyl groups excluding tert-OH is 1. The highest BCUT2D eigenvalue weighted by Crippen LogP contribution is 2.08. The first kappa shape index (κ1) is 10.7. The molecule has 66 valence electrons. The van der Waals surface area contributed by atoms with Crippen molar-refractivity contribution < 1.29 is 5.11 Å². The van der Waals surface area contributed by atoms with Gasteiger partial charge in [0.15, 0.2) is 0 Å². The molecule has 0 rings (SSSR count). The molecule has 1 heteroatoms. The highest BCUT2D eigenvalue weighted by atomic mass is 16.2. The Morgan fingerprint density at radius 3 is 2.36 bits per heavy atom. The smallest absolute Gasteiger partial charge is 0.0433 e. The van der Waals surface area contributed by atoms with E-state index in [-0.39, 0.29) is 0 Å². The normalized spacial score (nSPS) is 14.6. The van der Waals surface area contributed by atoms with E-state index in [0.29, 0.717) is 18.4 Å². The Balaban J connectivity index is 3.36. The third-order valence-corrected chi connectivity index (χ3v) is 1.68. The standard InChI is InChI=1S/C10H20O/c1-9(2)5-4-6-10(3)7-8-11/h4-5,9-11H,6-8H2,1-3H3/t10-/m1/s1. The van der Waals surface area contributed by atoms with Crippen molar-refractivity contribution in [3.05, 3.63) is 12.2 Å². The van der Waals surface area contributed by atoms with Crippen molar-refractivity contribution in [3.8, 4) is 0 Å². The van der Waals surface area contributed by atoms with Crippen LogP contribution in [-0.2, 0) is 0 Å². The summed E-state index contributed by atoms with van der Waals surface area (Å²) in [6, 6.07) is 0. The Kier molecular flexibility index (Phi) is 6.24. The molecule has 0 aromatic rings. The summed E-state index contributed by atoms with van der Waals surface area (Å²) in [7, 11) is 0. The molecule has 0 saturated heterocycles. The fraction of sp³-hybridized carbons (Fsp3) is 0.800. The first-order valence-electron chi connectivity index (χ1n) is 4.44. The Hall–Kier alpha value is -0.300. The summed E-state index contributed by atoms with van der Waals surface area (Å²) in [4.78, 5) is 0. The molecule has 0 amide bonds. The molecule has 0 aromatic carbocycles. The van der Waals surface area contributed by atoms with Crippen LogP contribution >= 0.6 is 0 Å². The molecule has 0 radical (unpaired) electrons. The van der Waals surface area contributed by atoms with Crippen LogP contribution in [0.15, 0.2) is 12.2 Å². The zero-order chi connectivity index (χ0) is 8.69. The van der Waals surface area contributed by atoms with Crippen LogP contribution in [-0.4, -0.2) is 11.7 Å². The lowest BCUT2D eigenvalue weighted by atomic mass is 10.0. The van der Waals surface area contributed by atoms with Gasteiger partial charge in [-0.05, 0) is 24.7 Å². The van der Waals surface area contributed by atoms with E-state index in [2.05, 4.69) is 32.9 Å². The summed E-state index contributed by atoms with van der Waals surface area (Å²) in [5.74, 6) is 1.27. The van der Waals surface area contributed by atoms with Crippen LogP contribution in [0.4, 0.5) is 0 Å². The maximum atomic E-state index is 8.62. The van der Waals surface area contributed by atoms with E-state index < -0.39 is 0 Å². The molecule has 1 N–H and O–H groups in total. The molecule has 0 heterocycles. The Morgan fingerprint density at radius 2 is 1.91 bits per heavy atom. The van der Waals surface area contributed by atoms with Crippen LogP contribution in [0.5, 0.6) is 0 Å². The summed E-state index contributed by atoms with van der Waals surface area (Å²) in [5, 5.41) is 8.62. The molecule has 0 spiro atoms. The number of hydrogen-bond acceptors (Lipinski definition) is 1. The van der Waals surface area contributed by atoms with Gasteiger partial charge in [0.05, 0.1) is 0 Å². The molecule has 0 aliphatic carbocycles. The molecule has 0 aromatic heterocycles. The predicted molar refractivity (Wildman–Crippen MR) is 49.5 cm³/mol. The van der Waals surface area contributed by atoms with Crippen molar-refractivity contribution in [1.82, 2.24) is 0 Å². The van der Waals surface area contributed by atoms with Gasteiger partial charge in [0.1, 0.15) is 0 Å². The second-order valence-electron chi connectivity index (χ2n) is 3.53. The van der Waals surface area contributed by atoms with Gasteiger partial charge in [-0.1, -0.05) is 32.9 Å². The van der Waals surface area contributed by atoms with E-state index in [1.54, 1.807) is 0 Å². The zero-order valence-electron chi connectivity index (χ0n) is 7.88. The summed E-state index contributed by atoms with van der Waals surface area (Å²) in [6.45, 7) is 6.83. The maximum Gasteiger partial charge on any atom is 0.0433 e. The van der Waals surface area contributed by atoms with Crippen LogP contribution in [0.1, 0.15) is 33.6 Å².